The molecule has 0 radical (unpaired) electrons. The Kier molecular flexibility index (Phi) is 4.50. The van der Waals surface area contributed by atoms with Gasteiger partial charge in [-0.2, -0.15) is 0 Å². The Morgan fingerprint density at radius 2 is 2.00 bits per heavy atom. The third kappa shape index (κ3) is 3.61. The van der Waals surface area contributed by atoms with E-state index in [1.54, 1.807) is 13.1 Å². The summed E-state index contributed by atoms with van der Waals surface area (Å²) in [4.78, 5) is 13.4. The summed E-state index contributed by atoms with van der Waals surface area (Å²) in [6.45, 7) is 5.94. The van der Waals surface area contributed by atoms with Crippen LogP contribution >= 0.6 is 0 Å². The van der Waals surface area contributed by atoms with Gasteiger partial charge in [0.05, 0.1) is 6.10 Å². The van der Waals surface area contributed by atoms with Gasteiger partial charge in [0.15, 0.2) is 0 Å². The summed E-state index contributed by atoms with van der Waals surface area (Å²) in [7, 11) is 1.62. The van der Waals surface area contributed by atoms with Crippen molar-refractivity contribution in [1.82, 2.24) is 10.2 Å². The zero-order valence-corrected chi connectivity index (χ0v) is 10.4. The van der Waals surface area contributed by atoms with Crippen LogP contribution in [-0.2, 0) is 4.79 Å². The molecule has 0 atom stereocenters. The largest absolute Gasteiger partial charge is 0.393 e. The molecule has 1 aliphatic heterocycles. The van der Waals surface area contributed by atoms with Crippen molar-refractivity contribution in [2.75, 3.05) is 20.1 Å². The maximum absolute atomic E-state index is 11.1. The van der Waals surface area contributed by atoms with Gasteiger partial charge in [-0.25, -0.2) is 0 Å². The first kappa shape index (κ1) is 13.2. The Hall–Kier alpha value is -0.870. The summed E-state index contributed by atoms with van der Waals surface area (Å²) in [6.07, 6.45) is 4.97. The van der Waals surface area contributed by atoms with Crippen molar-refractivity contribution in [3.63, 3.8) is 0 Å². The van der Waals surface area contributed by atoms with Crippen LogP contribution in [0.25, 0.3) is 0 Å². The number of amides is 1. The molecule has 0 bridgehead atoms. The number of nitrogens with one attached hydrogen (secondary N) is 1. The number of carbonyl (C=O) groups excluding carboxylic acids is 1. The molecule has 0 spiro atoms. The smallest absolute Gasteiger partial charge is 0.243 e. The summed E-state index contributed by atoms with van der Waals surface area (Å²) in [5, 5.41) is 12.0. The number of hydrogen-bond acceptors (Lipinski definition) is 3. The molecule has 0 aromatic heterocycles. The molecule has 1 aliphatic rings. The Morgan fingerprint density at radius 3 is 2.50 bits per heavy atom. The third-order valence-electron chi connectivity index (χ3n) is 3.17. The Morgan fingerprint density at radius 1 is 1.44 bits per heavy atom. The summed E-state index contributed by atoms with van der Waals surface area (Å²) in [5.41, 5.74) is -0.132. The summed E-state index contributed by atoms with van der Waals surface area (Å²) in [5.74, 6) is -0.0786. The minimum absolute atomic E-state index is 0.0786. The lowest BCUT2D eigenvalue weighted by Gasteiger charge is -2.40. The molecule has 16 heavy (non-hydrogen) atoms. The van der Waals surface area contributed by atoms with Gasteiger partial charge >= 0.3 is 0 Å². The van der Waals surface area contributed by atoms with E-state index in [2.05, 4.69) is 24.1 Å². The zero-order valence-electron chi connectivity index (χ0n) is 10.4. The summed E-state index contributed by atoms with van der Waals surface area (Å²) in [6, 6.07) is 0. The van der Waals surface area contributed by atoms with Gasteiger partial charge in [0.2, 0.25) is 5.91 Å². The van der Waals surface area contributed by atoms with Crippen LogP contribution in [0.1, 0.15) is 26.7 Å². The molecule has 0 unspecified atom stereocenters. The second-order valence-corrected chi connectivity index (χ2v) is 4.82. The van der Waals surface area contributed by atoms with Crippen molar-refractivity contribution >= 4 is 5.91 Å². The van der Waals surface area contributed by atoms with E-state index in [9.17, 15) is 9.90 Å². The minimum atomic E-state index is -0.157. The van der Waals surface area contributed by atoms with E-state index >= 15 is 0 Å². The van der Waals surface area contributed by atoms with Crippen LogP contribution in [0.2, 0.25) is 0 Å². The predicted molar refractivity (Wildman–Crippen MR) is 64.1 cm³/mol. The van der Waals surface area contributed by atoms with Gasteiger partial charge in [0.25, 0.3) is 0 Å². The molecule has 0 aliphatic carbocycles. The maximum atomic E-state index is 11.1. The molecule has 92 valence electrons. The lowest BCUT2D eigenvalue weighted by Crippen LogP contribution is -2.48. The molecule has 4 heteroatoms. The first-order chi connectivity index (χ1) is 7.45. The molecule has 1 amide bonds. The minimum Gasteiger partial charge on any atom is -0.393 e. The van der Waals surface area contributed by atoms with E-state index in [-0.39, 0.29) is 17.6 Å². The van der Waals surface area contributed by atoms with E-state index in [4.69, 9.17) is 0 Å². The zero-order chi connectivity index (χ0) is 12.2. The fourth-order valence-corrected chi connectivity index (χ4v) is 1.91. The Bertz CT molecular complexity index is 266. The fourth-order valence-electron chi connectivity index (χ4n) is 1.91. The predicted octanol–water partition coefficient (Wildman–Crippen LogP) is 0.524. The first-order valence-electron chi connectivity index (χ1n) is 5.80. The van der Waals surface area contributed by atoms with Crippen LogP contribution in [0.5, 0.6) is 0 Å². The average molecular weight is 226 g/mol. The number of piperidine rings is 1. The van der Waals surface area contributed by atoms with Crippen molar-refractivity contribution < 1.29 is 9.90 Å². The number of aliphatic hydroxyl groups excluding tert-OH is 1. The van der Waals surface area contributed by atoms with Gasteiger partial charge in [-0.3, -0.25) is 9.69 Å². The van der Waals surface area contributed by atoms with Crippen molar-refractivity contribution in [2.45, 2.75) is 38.3 Å². The molecule has 1 saturated heterocycles. The highest BCUT2D eigenvalue weighted by molar-refractivity contribution is 5.87. The number of nitrogens with zero attached hydrogens (tertiary/aromatic N) is 1. The number of aliphatic hydroxyl groups is 1. The second kappa shape index (κ2) is 5.46. The third-order valence-corrected chi connectivity index (χ3v) is 3.17. The monoisotopic (exact) mass is 226 g/mol. The van der Waals surface area contributed by atoms with Gasteiger partial charge < -0.3 is 10.4 Å². The average Bonchev–Trinajstić information content (AvgIpc) is 2.26. The van der Waals surface area contributed by atoms with E-state index < -0.39 is 0 Å². The number of carbonyl (C=O) groups is 1. The SMILES string of the molecule is CNC(=O)C=CC(C)(C)N1CCC(O)CC1. The van der Waals surface area contributed by atoms with Gasteiger partial charge in [-0.15, -0.1) is 0 Å². The number of rotatable bonds is 3. The van der Waals surface area contributed by atoms with E-state index in [1.807, 2.05) is 6.08 Å². The molecule has 1 heterocycles. The fraction of sp³-hybridized carbons (Fsp3) is 0.750. The lowest BCUT2D eigenvalue weighted by atomic mass is 9.97. The molecule has 2 N–H and O–H groups in total. The Labute approximate surface area is 97.3 Å². The number of likely N-dealkylation sites (N-methyl/N-ethyl adjacent to an activating group) is 1. The molecule has 4 nitrogen and oxygen atoms in total. The van der Waals surface area contributed by atoms with Crippen molar-refractivity contribution in [3.05, 3.63) is 12.2 Å². The van der Waals surface area contributed by atoms with Gasteiger partial charge in [-0.05, 0) is 26.7 Å². The molecule has 0 aromatic rings. The van der Waals surface area contributed by atoms with Gasteiger partial charge in [0.1, 0.15) is 0 Å². The van der Waals surface area contributed by atoms with Crippen LogP contribution in [0.4, 0.5) is 0 Å². The van der Waals surface area contributed by atoms with E-state index in [1.165, 1.54) is 0 Å². The highest BCUT2D eigenvalue weighted by atomic mass is 16.3. The molecule has 0 saturated carbocycles. The number of hydrogen-bond donors (Lipinski definition) is 2. The topological polar surface area (TPSA) is 52.6 Å². The van der Waals surface area contributed by atoms with Gasteiger partial charge in [-0.1, -0.05) is 6.08 Å². The van der Waals surface area contributed by atoms with Crippen molar-refractivity contribution in [2.24, 2.45) is 0 Å². The molecular formula is C12H22N2O2. The standard InChI is InChI=1S/C12H22N2O2/c1-12(2,7-4-11(16)13-3)14-8-5-10(15)6-9-14/h4,7,10,15H,5-6,8-9H2,1-3H3,(H,13,16). The lowest BCUT2D eigenvalue weighted by molar-refractivity contribution is -0.116. The van der Waals surface area contributed by atoms with Crippen LogP contribution in [0.15, 0.2) is 12.2 Å². The summed E-state index contributed by atoms with van der Waals surface area (Å²) < 4.78 is 0. The molecule has 1 rings (SSSR count). The van der Waals surface area contributed by atoms with Crippen LogP contribution < -0.4 is 5.32 Å². The maximum Gasteiger partial charge on any atom is 0.243 e. The van der Waals surface area contributed by atoms with Gasteiger partial charge in [0, 0.05) is 31.8 Å². The molecule has 1 fully saturated rings. The van der Waals surface area contributed by atoms with Crippen molar-refractivity contribution in [3.8, 4) is 0 Å². The molecular weight excluding hydrogens is 204 g/mol. The number of likely N-dealkylation sites (tertiary alicyclic amines) is 1. The van der Waals surface area contributed by atoms with E-state index in [0.717, 1.165) is 25.9 Å². The van der Waals surface area contributed by atoms with E-state index in [0.29, 0.717) is 0 Å². The van der Waals surface area contributed by atoms with Crippen LogP contribution in [-0.4, -0.2) is 47.7 Å². The highest BCUT2D eigenvalue weighted by Crippen LogP contribution is 2.21. The molecule has 0 aromatic carbocycles. The summed E-state index contributed by atoms with van der Waals surface area (Å²) >= 11 is 0. The second-order valence-electron chi connectivity index (χ2n) is 4.82. The highest BCUT2D eigenvalue weighted by Gasteiger charge is 2.27. The normalized spacial score (nSPS) is 20.2. The quantitative estimate of drug-likeness (QED) is 0.690. The van der Waals surface area contributed by atoms with Crippen molar-refractivity contribution in [1.29, 1.82) is 0 Å². The Balaban J connectivity index is 2.56. The first-order valence-corrected chi connectivity index (χ1v) is 5.80. The van der Waals surface area contributed by atoms with Crippen LogP contribution in [0.3, 0.4) is 0 Å². The van der Waals surface area contributed by atoms with Crippen LogP contribution in [0, 0.1) is 0 Å².